The van der Waals surface area contributed by atoms with Gasteiger partial charge in [0.1, 0.15) is 0 Å². The predicted octanol–water partition coefficient (Wildman–Crippen LogP) is 0.252. The summed E-state index contributed by atoms with van der Waals surface area (Å²) in [7, 11) is 0. The number of nitrogens with zero attached hydrogens (tertiary/aromatic N) is 2. The van der Waals surface area contributed by atoms with Crippen molar-refractivity contribution in [2.45, 2.75) is 20.1 Å². The maximum Gasteiger partial charge on any atom is 0.0910 e. The van der Waals surface area contributed by atoms with E-state index in [1.807, 2.05) is 10.9 Å². The molecule has 0 atom stereocenters. The second-order valence-corrected chi connectivity index (χ2v) is 2.36. The summed E-state index contributed by atoms with van der Waals surface area (Å²) in [6, 6.07) is 0. The van der Waals surface area contributed by atoms with Gasteiger partial charge < -0.3 is 0 Å². The fourth-order valence-electron chi connectivity index (χ4n) is 1.15. The maximum atomic E-state index is 4.15. The van der Waals surface area contributed by atoms with Gasteiger partial charge in [0, 0.05) is 6.54 Å². The fraction of sp³-hybridized carbons (Fsp3) is 0.500. The molecule has 0 amide bonds. The lowest BCUT2D eigenvalue weighted by Gasteiger charge is -1.88. The van der Waals surface area contributed by atoms with E-state index in [0.717, 1.165) is 13.2 Å². The van der Waals surface area contributed by atoms with Crippen molar-refractivity contribution in [2.75, 3.05) is 0 Å². The summed E-state index contributed by atoms with van der Waals surface area (Å²) in [5.74, 6) is 0. The standard InChI is InChI=1S/C6H9N3/c1-5-2-8-9-4-7-3-6(5)9/h2,7H,3-4H2,1H3. The van der Waals surface area contributed by atoms with Crippen molar-refractivity contribution in [2.24, 2.45) is 0 Å². The zero-order chi connectivity index (χ0) is 6.27. The molecule has 0 unspecified atom stereocenters. The van der Waals surface area contributed by atoms with Gasteiger partial charge >= 0.3 is 0 Å². The fourth-order valence-corrected chi connectivity index (χ4v) is 1.15. The lowest BCUT2D eigenvalue weighted by molar-refractivity contribution is 0.599. The summed E-state index contributed by atoms with van der Waals surface area (Å²) in [6.45, 7) is 3.95. The molecule has 2 rings (SSSR count). The lowest BCUT2D eigenvalue weighted by Crippen LogP contribution is -2.05. The summed E-state index contributed by atoms with van der Waals surface area (Å²) in [5.41, 5.74) is 2.62. The first kappa shape index (κ1) is 4.99. The van der Waals surface area contributed by atoms with Crippen molar-refractivity contribution in [1.29, 1.82) is 0 Å². The van der Waals surface area contributed by atoms with Gasteiger partial charge in [-0.3, -0.25) is 10.00 Å². The number of aromatic nitrogens is 2. The van der Waals surface area contributed by atoms with E-state index >= 15 is 0 Å². The van der Waals surface area contributed by atoms with Crippen molar-refractivity contribution in [3.63, 3.8) is 0 Å². The minimum Gasteiger partial charge on any atom is -0.293 e. The van der Waals surface area contributed by atoms with Crippen molar-refractivity contribution in [3.8, 4) is 0 Å². The van der Waals surface area contributed by atoms with E-state index in [1.165, 1.54) is 11.3 Å². The molecule has 1 aromatic rings. The molecule has 3 heteroatoms. The van der Waals surface area contributed by atoms with Crippen LogP contribution in [0.2, 0.25) is 0 Å². The molecule has 0 saturated carbocycles. The maximum absolute atomic E-state index is 4.15. The third-order valence-corrected chi connectivity index (χ3v) is 1.71. The van der Waals surface area contributed by atoms with Crippen LogP contribution >= 0.6 is 0 Å². The highest BCUT2D eigenvalue weighted by Crippen LogP contribution is 2.09. The summed E-state index contributed by atoms with van der Waals surface area (Å²) < 4.78 is 2.00. The van der Waals surface area contributed by atoms with Crippen LogP contribution in [-0.2, 0) is 13.2 Å². The third-order valence-electron chi connectivity index (χ3n) is 1.71. The van der Waals surface area contributed by atoms with Crippen LogP contribution in [0.4, 0.5) is 0 Å². The molecule has 1 aromatic heterocycles. The Morgan fingerprint density at radius 3 is 3.44 bits per heavy atom. The van der Waals surface area contributed by atoms with Gasteiger partial charge in [0.05, 0.1) is 18.6 Å². The average molecular weight is 123 g/mol. The molecular formula is C6H9N3. The molecule has 3 nitrogen and oxygen atoms in total. The van der Waals surface area contributed by atoms with E-state index < -0.39 is 0 Å². The Hall–Kier alpha value is -0.830. The Labute approximate surface area is 53.7 Å². The first-order valence-electron chi connectivity index (χ1n) is 3.10. The van der Waals surface area contributed by atoms with Crippen LogP contribution < -0.4 is 5.32 Å². The first-order chi connectivity index (χ1) is 4.38. The number of aryl methyl sites for hydroxylation is 1. The van der Waals surface area contributed by atoms with Gasteiger partial charge in [0.2, 0.25) is 0 Å². The van der Waals surface area contributed by atoms with Gasteiger partial charge in [-0.1, -0.05) is 0 Å². The SMILES string of the molecule is Cc1cnn2c1CNC2. The number of nitrogens with one attached hydrogen (secondary N) is 1. The molecule has 1 aliphatic rings. The Morgan fingerprint density at radius 2 is 2.67 bits per heavy atom. The highest BCUT2D eigenvalue weighted by Gasteiger charge is 2.11. The topological polar surface area (TPSA) is 29.9 Å². The van der Waals surface area contributed by atoms with E-state index in [4.69, 9.17) is 0 Å². The molecule has 0 spiro atoms. The van der Waals surface area contributed by atoms with Gasteiger partial charge in [-0.25, -0.2) is 0 Å². The molecule has 1 aliphatic heterocycles. The summed E-state index contributed by atoms with van der Waals surface area (Å²) in [5, 5.41) is 7.36. The number of hydrogen-bond acceptors (Lipinski definition) is 2. The average Bonchev–Trinajstić information content (AvgIpc) is 2.35. The number of fused-ring (bicyclic) bond motifs is 1. The number of hydrogen-bond donors (Lipinski definition) is 1. The largest absolute Gasteiger partial charge is 0.293 e. The summed E-state index contributed by atoms with van der Waals surface area (Å²) in [4.78, 5) is 0. The minimum absolute atomic E-state index is 0.878. The highest BCUT2D eigenvalue weighted by molar-refractivity contribution is 5.16. The zero-order valence-corrected chi connectivity index (χ0v) is 5.39. The molecule has 0 aliphatic carbocycles. The Kier molecular flexibility index (Phi) is 0.873. The Balaban J connectivity index is 2.56. The number of rotatable bonds is 0. The van der Waals surface area contributed by atoms with Gasteiger partial charge in [-0.2, -0.15) is 5.10 Å². The zero-order valence-electron chi connectivity index (χ0n) is 5.39. The predicted molar refractivity (Wildman–Crippen MR) is 33.8 cm³/mol. The van der Waals surface area contributed by atoms with Crippen LogP contribution in [-0.4, -0.2) is 9.78 Å². The van der Waals surface area contributed by atoms with Gasteiger partial charge in [0.15, 0.2) is 0 Å². The van der Waals surface area contributed by atoms with Crippen LogP contribution in [0.3, 0.4) is 0 Å². The molecule has 9 heavy (non-hydrogen) atoms. The minimum atomic E-state index is 0.878. The molecular weight excluding hydrogens is 114 g/mol. The van der Waals surface area contributed by atoms with Crippen LogP contribution in [0.1, 0.15) is 11.3 Å². The first-order valence-corrected chi connectivity index (χ1v) is 3.10. The van der Waals surface area contributed by atoms with E-state index in [9.17, 15) is 0 Å². The lowest BCUT2D eigenvalue weighted by atomic mass is 10.3. The van der Waals surface area contributed by atoms with Crippen LogP contribution in [0, 0.1) is 6.92 Å². The van der Waals surface area contributed by atoms with E-state index in [1.54, 1.807) is 0 Å². The molecule has 1 N–H and O–H groups in total. The van der Waals surface area contributed by atoms with Gasteiger partial charge in [-0.15, -0.1) is 0 Å². The molecule has 0 bridgehead atoms. The van der Waals surface area contributed by atoms with E-state index in [0.29, 0.717) is 0 Å². The molecule has 0 aromatic carbocycles. The molecule has 48 valence electrons. The summed E-state index contributed by atoms with van der Waals surface area (Å²) in [6.07, 6.45) is 1.91. The molecule has 0 fully saturated rings. The van der Waals surface area contributed by atoms with Crippen molar-refractivity contribution < 1.29 is 0 Å². The van der Waals surface area contributed by atoms with Crippen LogP contribution in [0.5, 0.6) is 0 Å². The summed E-state index contributed by atoms with van der Waals surface area (Å²) >= 11 is 0. The second-order valence-electron chi connectivity index (χ2n) is 2.36. The molecule has 0 radical (unpaired) electrons. The van der Waals surface area contributed by atoms with E-state index in [-0.39, 0.29) is 0 Å². The van der Waals surface area contributed by atoms with Crippen LogP contribution in [0.15, 0.2) is 6.20 Å². The second kappa shape index (κ2) is 1.57. The van der Waals surface area contributed by atoms with E-state index in [2.05, 4.69) is 17.3 Å². The van der Waals surface area contributed by atoms with Crippen LogP contribution in [0.25, 0.3) is 0 Å². The van der Waals surface area contributed by atoms with Gasteiger partial charge in [0.25, 0.3) is 0 Å². The van der Waals surface area contributed by atoms with Crippen molar-refractivity contribution in [1.82, 2.24) is 15.1 Å². The molecule has 2 heterocycles. The quantitative estimate of drug-likeness (QED) is 0.536. The smallest absolute Gasteiger partial charge is 0.0910 e. The Morgan fingerprint density at radius 1 is 1.78 bits per heavy atom. The van der Waals surface area contributed by atoms with Crippen molar-refractivity contribution in [3.05, 3.63) is 17.5 Å². The van der Waals surface area contributed by atoms with Crippen molar-refractivity contribution >= 4 is 0 Å². The highest BCUT2D eigenvalue weighted by atomic mass is 15.4. The molecule has 0 saturated heterocycles. The Bertz CT molecular complexity index is 226. The monoisotopic (exact) mass is 123 g/mol. The third kappa shape index (κ3) is 0.580. The van der Waals surface area contributed by atoms with Gasteiger partial charge in [-0.05, 0) is 12.5 Å². The normalized spacial score (nSPS) is 16.1.